The zero-order chi connectivity index (χ0) is 18.2. The van der Waals surface area contributed by atoms with Crippen molar-refractivity contribution in [2.45, 2.75) is 31.7 Å². The molecule has 0 saturated carbocycles. The van der Waals surface area contributed by atoms with E-state index in [1.165, 1.54) is 5.56 Å². The number of aliphatic imine (C=N–C) groups is 1. The summed E-state index contributed by atoms with van der Waals surface area (Å²) >= 11 is 0. The molecule has 4 heteroatoms. The molecule has 1 fully saturated rings. The van der Waals surface area contributed by atoms with Crippen LogP contribution in [0.4, 0.5) is 0 Å². The van der Waals surface area contributed by atoms with E-state index in [4.69, 9.17) is 4.74 Å². The van der Waals surface area contributed by atoms with E-state index in [0.29, 0.717) is 13.2 Å². The number of carbonyl (C=O) groups excluding carboxylic acids is 1. The van der Waals surface area contributed by atoms with E-state index < -0.39 is 0 Å². The Morgan fingerprint density at radius 1 is 1.08 bits per heavy atom. The van der Waals surface area contributed by atoms with Crippen molar-refractivity contribution < 1.29 is 9.53 Å². The van der Waals surface area contributed by atoms with Crippen molar-refractivity contribution >= 4 is 11.8 Å². The van der Waals surface area contributed by atoms with Gasteiger partial charge in [0.2, 0.25) is 11.8 Å². The first-order valence-corrected chi connectivity index (χ1v) is 9.22. The SMILES string of the molecule is CC(=O)N1CCCC1(Cc1ccccc1)C1=NCCO1.c1ccccc1. The highest BCUT2D eigenvalue weighted by molar-refractivity contribution is 5.92. The lowest BCUT2D eigenvalue weighted by Crippen LogP contribution is -2.54. The number of benzene rings is 2. The molecule has 1 unspecified atom stereocenters. The van der Waals surface area contributed by atoms with Gasteiger partial charge in [-0.25, -0.2) is 4.99 Å². The predicted molar refractivity (Wildman–Crippen MR) is 104 cm³/mol. The molecule has 0 radical (unpaired) electrons. The summed E-state index contributed by atoms with van der Waals surface area (Å²) in [6.07, 6.45) is 2.72. The largest absolute Gasteiger partial charge is 0.477 e. The highest BCUT2D eigenvalue weighted by Gasteiger charge is 2.48. The van der Waals surface area contributed by atoms with Crippen molar-refractivity contribution in [1.29, 1.82) is 0 Å². The van der Waals surface area contributed by atoms with E-state index in [0.717, 1.165) is 31.7 Å². The van der Waals surface area contributed by atoms with Crippen LogP contribution in [0.5, 0.6) is 0 Å². The lowest BCUT2D eigenvalue weighted by molar-refractivity contribution is -0.131. The quantitative estimate of drug-likeness (QED) is 0.846. The van der Waals surface area contributed by atoms with Crippen LogP contribution in [0, 0.1) is 0 Å². The van der Waals surface area contributed by atoms with Gasteiger partial charge in [0, 0.05) is 19.9 Å². The van der Waals surface area contributed by atoms with Crippen LogP contribution in [-0.2, 0) is 16.0 Å². The highest BCUT2D eigenvalue weighted by atomic mass is 16.5. The van der Waals surface area contributed by atoms with Crippen LogP contribution >= 0.6 is 0 Å². The average molecular weight is 350 g/mol. The fourth-order valence-corrected chi connectivity index (χ4v) is 3.75. The Bertz CT molecular complexity index is 704. The molecule has 136 valence electrons. The maximum Gasteiger partial charge on any atom is 0.220 e. The zero-order valence-corrected chi connectivity index (χ0v) is 15.3. The van der Waals surface area contributed by atoms with Crippen molar-refractivity contribution in [3.05, 3.63) is 72.3 Å². The molecular formula is C22H26N2O2. The minimum absolute atomic E-state index is 0.108. The van der Waals surface area contributed by atoms with Crippen LogP contribution in [0.3, 0.4) is 0 Å². The van der Waals surface area contributed by atoms with E-state index in [1.54, 1.807) is 6.92 Å². The third-order valence-electron chi connectivity index (χ3n) is 4.86. The zero-order valence-electron chi connectivity index (χ0n) is 15.3. The smallest absolute Gasteiger partial charge is 0.220 e. The number of likely N-dealkylation sites (tertiary alicyclic amines) is 1. The van der Waals surface area contributed by atoms with Crippen LogP contribution < -0.4 is 0 Å². The normalized spacial score (nSPS) is 21.4. The van der Waals surface area contributed by atoms with Gasteiger partial charge in [0.1, 0.15) is 12.1 Å². The third kappa shape index (κ3) is 4.13. The fraction of sp³-hybridized carbons (Fsp3) is 0.364. The summed E-state index contributed by atoms with van der Waals surface area (Å²) in [4.78, 5) is 18.5. The van der Waals surface area contributed by atoms with Crippen molar-refractivity contribution in [2.75, 3.05) is 19.7 Å². The second-order valence-electron chi connectivity index (χ2n) is 6.66. The number of hydrogen-bond acceptors (Lipinski definition) is 3. The topological polar surface area (TPSA) is 41.9 Å². The minimum Gasteiger partial charge on any atom is -0.477 e. The van der Waals surface area contributed by atoms with Gasteiger partial charge in [-0.3, -0.25) is 4.79 Å². The van der Waals surface area contributed by atoms with Gasteiger partial charge in [0.15, 0.2) is 0 Å². The number of amides is 1. The third-order valence-corrected chi connectivity index (χ3v) is 4.86. The van der Waals surface area contributed by atoms with Gasteiger partial charge in [0.05, 0.1) is 6.54 Å². The maximum absolute atomic E-state index is 12.0. The molecule has 0 N–H and O–H groups in total. The number of hydrogen-bond donors (Lipinski definition) is 0. The lowest BCUT2D eigenvalue weighted by Gasteiger charge is -2.37. The van der Waals surface area contributed by atoms with Crippen molar-refractivity contribution in [2.24, 2.45) is 4.99 Å². The van der Waals surface area contributed by atoms with Gasteiger partial charge in [-0.05, 0) is 18.4 Å². The first kappa shape index (κ1) is 18.2. The van der Waals surface area contributed by atoms with E-state index in [9.17, 15) is 4.79 Å². The monoisotopic (exact) mass is 350 g/mol. The first-order chi connectivity index (χ1) is 12.7. The summed E-state index contributed by atoms with van der Waals surface area (Å²) in [5.74, 6) is 0.866. The fourth-order valence-electron chi connectivity index (χ4n) is 3.75. The van der Waals surface area contributed by atoms with E-state index in [1.807, 2.05) is 59.5 Å². The highest BCUT2D eigenvalue weighted by Crippen LogP contribution is 2.35. The number of ether oxygens (including phenoxy) is 1. The van der Waals surface area contributed by atoms with Gasteiger partial charge >= 0.3 is 0 Å². The van der Waals surface area contributed by atoms with Crippen LogP contribution in [0.15, 0.2) is 71.7 Å². The summed E-state index contributed by atoms with van der Waals surface area (Å²) in [6.45, 7) is 3.78. The van der Waals surface area contributed by atoms with Crippen LogP contribution in [0.1, 0.15) is 25.3 Å². The van der Waals surface area contributed by atoms with Crippen LogP contribution in [0.25, 0.3) is 0 Å². The minimum atomic E-state index is -0.371. The Labute approximate surface area is 155 Å². The summed E-state index contributed by atoms with van der Waals surface area (Å²) in [6, 6.07) is 22.3. The standard InChI is InChI=1S/C16H20N2O2.C6H6/c1-13(19)18-10-5-8-16(18,15-17-9-11-20-15)12-14-6-3-2-4-7-14;1-2-4-6-5-3-1/h2-4,6-7H,5,8-12H2,1H3;1-6H. The Morgan fingerprint density at radius 3 is 2.23 bits per heavy atom. The molecule has 0 aromatic heterocycles. The van der Waals surface area contributed by atoms with Crippen molar-refractivity contribution in [1.82, 2.24) is 4.90 Å². The van der Waals surface area contributed by atoms with Gasteiger partial charge in [-0.2, -0.15) is 0 Å². The van der Waals surface area contributed by atoms with Crippen molar-refractivity contribution in [3.8, 4) is 0 Å². The average Bonchev–Trinajstić information content (AvgIpc) is 3.35. The summed E-state index contributed by atoms with van der Waals surface area (Å²) in [5.41, 5.74) is 0.850. The molecule has 0 bridgehead atoms. The predicted octanol–water partition coefficient (Wildman–Crippen LogP) is 3.73. The summed E-state index contributed by atoms with van der Waals surface area (Å²) < 4.78 is 5.75. The molecule has 2 heterocycles. The molecule has 4 rings (SSSR count). The molecule has 2 aromatic carbocycles. The molecule has 4 nitrogen and oxygen atoms in total. The second kappa shape index (κ2) is 8.65. The Balaban J connectivity index is 0.000000278. The molecule has 1 atom stereocenters. The van der Waals surface area contributed by atoms with Gasteiger partial charge in [0.25, 0.3) is 0 Å². The molecule has 2 aliphatic rings. The molecule has 2 aliphatic heterocycles. The molecular weight excluding hydrogens is 324 g/mol. The van der Waals surface area contributed by atoms with Gasteiger partial charge in [-0.15, -0.1) is 0 Å². The molecule has 26 heavy (non-hydrogen) atoms. The molecule has 1 saturated heterocycles. The van der Waals surface area contributed by atoms with E-state index in [2.05, 4.69) is 17.1 Å². The van der Waals surface area contributed by atoms with Gasteiger partial charge in [-0.1, -0.05) is 66.7 Å². The Kier molecular flexibility index (Phi) is 6.05. The van der Waals surface area contributed by atoms with E-state index >= 15 is 0 Å². The molecule has 2 aromatic rings. The summed E-state index contributed by atoms with van der Waals surface area (Å²) in [7, 11) is 0. The molecule has 0 spiro atoms. The van der Waals surface area contributed by atoms with Crippen LogP contribution in [-0.4, -0.2) is 41.9 Å². The Hall–Kier alpha value is -2.62. The van der Waals surface area contributed by atoms with Gasteiger partial charge < -0.3 is 9.64 Å². The number of carbonyl (C=O) groups is 1. The Morgan fingerprint density at radius 2 is 1.69 bits per heavy atom. The lowest BCUT2D eigenvalue weighted by atomic mass is 9.87. The van der Waals surface area contributed by atoms with Crippen molar-refractivity contribution in [3.63, 3.8) is 0 Å². The number of nitrogens with zero attached hydrogens (tertiary/aromatic N) is 2. The van der Waals surface area contributed by atoms with Crippen LogP contribution in [0.2, 0.25) is 0 Å². The summed E-state index contributed by atoms with van der Waals surface area (Å²) in [5, 5.41) is 0. The number of rotatable bonds is 3. The maximum atomic E-state index is 12.0. The second-order valence-corrected chi connectivity index (χ2v) is 6.66. The molecule has 1 amide bonds. The first-order valence-electron chi connectivity index (χ1n) is 9.22. The van der Waals surface area contributed by atoms with E-state index in [-0.39, 0.29) is 11.4 Å². The molecule has 0 aliphatic carbocycles.